The number of carbonyl (C=O) groups excluding carboxylic acids is 2. The highest BCUT2D eigenvalue weighted by Crippen LogP contribution is 2.40. The van der Waals surface area contributed by atoms with Gasteiger partial charge in [-0.25, -0.2) is 0 Å². The molecule has 2 aromatic carbocycles. The quantitative estimate of drug-likeness (QED) is 0.472. The topological polar surface area (TPSA) is 87.7 Å². The molecule has 0 bridgehead atoms. The molecular formula is C26H30N2O4. The fraction of sp³-hybridized carbons (Fsp3) is 0.385. The van der Waals surface area contributed by atoms with Gasteiger partial charge in [0.1, 0.15) is 11.4 Å². The molecule has 0 aliphatic heterocycles. The largest absolute Gasteiger partial charge is 0.494 e. The molecule has 0 heterocycles. The van der Waals surface area contributed by atoms with Crippen LogP contribution in [0.5, 0.6) is 5.75 Å². The van der Waals surface area contributed by atoms with Crippen LogP contribution in [0.15, 0.2) is 54.2 Å². The van der Waals surface area contributed by atoms with E-state index < -0.39 is 5.91 Å². The van der Waals surface area contributed by atoms with Gasteiger partial charge in [0.05, 0.1) is 13.2 Å². The van der Waals surface area contributed by atoms with Gasteiger partial charge in [-0.3, -0.25) is 9.59 Å². The summed E-state index contributed by atoms with van der Waals surface area (Å²) in [5, 5.41) is 14.3. The van der Waals surface area contributed by atoms with Gasteiger partial charge in [0.2, 0.25) is 0 Å². The van der Waals surface area contributed by atoms with E-state index in [2.05, 4.69) is 22.8 Å². The average Bonchev–Trinajstić information content (AvgIpc) is 3.72. The van der Waals surface area contributed by atoms with Gasteiger partial charge in [0.25, 0.3) is 11.8 Å². The Kier molecular flexibility index (Phi) is 7.22. The van der Waals surface area contributed by atoms with E-state index in [-0.39, 0.29) is 24.8 Å². The summed E-state index contributed by atoms with van der Waals surface area (Å²) in [6.07, 6.45) is 7.77. The maximum Gasteiger partial charge on any atom is 0.267 e. The van der Waals surface area contributed by atoms with Crippen LogP contribution in [0.4, 0.5) is 0 Å². The first-order valence-corrected chi connectivity index (χ1v) is 11.4. The number of aliphatic hydroxyl groups excluding tert-OH is 1. The summed E-state index contributed by atoms with van der Waals surface area (Å²) < 4.78 is 5.73. The van der Waals surface area contributed by atoms with Gasteiger partial charge in [-0.15, -0.1) is 0 Å². The van der Waals surface area contributed by atoms with Gasteiger partial charge < -0.3 is 20.5 Å². The SMILES string of the molecule is O=C(NCCO)C(=Cc1ccc(C2CC2)cc1)NC(=O)c1ccc(OCCC2CC2)cc1. The van der Waals surface area contributed by atoms with Crippen molar-refractivity contribution in [3.05, 3.63) is 70.9 Å². The van der Waals surface area contributed by atoms with Crippen LogP contribution < -0.4 is 15.4 Å². The molecule has 0 radical (unpaired) electrons. The minimum absolute atomic E-state index is 0.111. The zero-order chi connectivity index (χ0) is 22.3. The maximum atomic E-state index is 12.8. The number of hydrogen-bond donors (Lipinski definition) is 3. The van der Waals surface area contributed by atoms with Crippen molar-refractivity contribution in [2.75, 3.05) is 19.8 Å². The summed E-state index contributed by atoms with van der Waals surface area (Å²) in [7, 11) is 0. The van der Waals surface area contributed by atoms with Crippen LogP contribution in [-0.4, -0.2) is 36.7 Å². The number of rotatable bonds is 11. The monoisotopic (exact) mass is 434 g/mol. The minimum Gasteiger partial charge on any atom is -0.494 e. The molecule has 6 heteroatoms. The molecule has 0 aromatic heterocycles. The van der Waals surface area contributed by atoms with E-state index in [9.17, 15) is 9.59 Å². The molecule has 0 saturated heterocycles. The predicted molar refractivity (Wildman–Crippen MR) is 123 cm³/mol. The first-order valence-electron chi connectivity index (χ1n) is 11.4. The fourth-order valence-electron chi connectivity index (χ4n) is 3.52. The molecule has 2 fully saturated rings. The van der Waals surface area contributed by atoms with Gasteiger partial charge in [-0.2, -0.15) is 0 Å². The normalized spacial score (nSPS) is 15.8. The summed E-state index contributed by atoms with van der Waals surface area (Å²) in [5.74, 6) is 1.37. The lowest BCUT2D eigenvalue weighted by molar-refractivity contribution is -0.117. The minimum atomic E-state index is -0.446. The molecule has 0 spiro atoms. The number of aliphatic hydroxyl groups is 1. The Morgan fingerprint density at radius 2 is 1.72 bits per heavy atom. The second-order valence-corrected chi connectivity index (χ2v) is 8.54. The number of ether oxygens (including phenoxy) is 1. The number of carbonyl (C=O) groups is 2. The van der Waals surface area contributed by atoms with Crippen LogP contribution in [0.25, 0.3) is 6.08 Å². The average molecular weight is 435 g/mol. The molecule has 6 nitrogen and oxygen atoms in total. The number of nitrogens with one attached hydrogen (secondary N) is 2. The van der Waals surface area contributed by atoms with Crippen molar-refractivity contribution in [2.45, 2.75) is 38.0 Å². The number of benzene rings is 2. The Labute approximate surface area is 188 Å². The predicted octanol–water partition coefficient (Wildman–Crippen LogP) is 3.62. The third-order valence-electron chi connectivity index (χ3n) is 5.79. The second-order valence-electron chi connectivity index (χ2n) is 8.54. The standard InChI is InChI=1S/C26H30N2O4/c29-15-14-27-26(31)24(17-19-3-5-20(6-4-19)21-7-8-21)28-25(30)22-9-11-23(12-10-22)32-16-13-18-1-2-18/h3-6,9-12,17-18,21,29H,1-2,7-8,13-16H2,(H,27,31)(H,28,30). The van der Waals surface area contributed by atoms with Crippen molar-refractivity contribution in [1.29, 1.82) is 0 Å². The van der Waals surface area contributed by atoms with Crippen molar-refractivity contribution < 1.29 is 19.4 Å². The van der Waals surface area contributed by atoms with Crippen molar-refractivity contribution in [2.24, 2.45) is 5.92 Å². The highest BCUT2D eigenvalue weighted by atomic mass is 16.5. The summed E-state index contributed by atoms with van der Waals surface area (Å²) >= 11 is 0. The molecule has 32 heavy (non-hydrogen) atoms. The van der Waals surface area contributed by atoms with Crippen LogP contribution in [0.1, 0.15) is 59.5 Å². The lowest BCUT2D eigenvalue weighted by Crippen LogP contribution is -2.36. The van der Waals surface area contributed by atoms with E-state index in [1.54, 1.807) is 30.3 Å². The molecule has 2 aliphatic rings. The van der Waals surface area contributed by atoms with Crippen LogP contribution in [0, 0.1) is 5.92 Å². The highest BCUT2D eigenvalue weighted by Gasteiger charge is 2.23. The molecule has 2 aliphatic carbocycles. The number of hydrogen-bond acceptors (Lipinski definition) is 4. The highest BCUT2D eigenvalue weighted by molar-refractivity contribution is 6.05. The van der Waals surface area contributed by atoms with E-state index in [1.807, 2.05) is 12.1 Å². The molecule has 3 N–H and O–H groups in total. The van der Waals surface area contributed by atoms with E-state index >= 15 is 0 Å². The van der Waals surface area contributed by atoms with Gasteiger partial charge >= 0.3 is 0 Å². The van der Waals surface area contributed by atoms with Crippen LogP contribution in [0.2, 0.25) is 0 Å². The zero-order valence-electron chi connectivity index (χ0n) is 18.2. The van der Waals surface area contributed by atoms with Gasteiger partial charge in [-0.1, -0.05) is 37.1 Å². The van der Waals surface area contributed by atoms with Crippen molar-refractivity contribution >= 4 is 17.9 Å². The molecule has 4 rings (SSSR count). The first-order chi connectivity index (χ1) is 15.6. The van der Waals surface area contributed by atoms with Crippen LogP contribution >= 0.6 is 0 Å². The lowest BCUT2D eigenvalue weighted by atomic mass is 10.1. The molecule has 2 amide bonds. The Bertz CT molecular complexity index is 958. The molecule has 168 valence electrons. The third kappa shape index (κ3) is 6.44. The van der Waals surface area contributed by atoms with Crippen LogP contribution in [0.3, 0.4) is 0 Å². The summed E-state index contributed by atoms with van der Waals surface area (Å²) in [6.45, 7) is 0.623. The van der Waals surface area contributed by atoms with E-state index in [0.717, 1.165) is 23.7 Å². The molecule has 0 atom stereocenters. The molecular weight excluding hydrogens is 404 g/mol. The fourth-order valence-corrected chi connectivity index (χ4v) is 3.52. The van der Waals surface area contributed by atoms with Gasteiger partial charge in [-0.05, 0) is 72.6 Å². The molecule has 0 unspecified atom stereocenters. The summed E-state index contributed by atoms with van der Waals surface area (Å²) in [4.78, 5) is 25.3. The third-order valence-corrected chi connectivity index (χ3v) is 5.79. The Morgan fingerprint density at radius 3 is 2.34 bits per heavy atom. The van der Waals surface area contributed by atoms with Gasteiger partial charge in [0.15, 0.2) is 0 Å². The maximum absolute atomic E-state index is 12.8. The Balaban J connectivity index is 1.41. The Morgan fingerprint density at radius 1 is 1.00 bits per heavy atom. The zero-order valence-corrected chi connectivity index (χ0v) is 18.2. The smallest absolute Gasteiger partial charge is 0.267 e. The molecule has 2 saturated carbocycles. The van der Waals surface area contributed by atoms with Gasteiger partial charge in [0, 0.05) is 12.1 Å². The second kappa shape index (κ2) is 10.5. The van der Waals surface area contributed by atoms with Crippen molar-refractivity contribution in [1.82, 2.24) is 10.6 Å². The Hall–Kier alpha value is -3.12. The van der Waals surface area contributed by atoms with Crippen molar-refractivity contribution in [3.63, 3.8) is 0 Å². The summed E-state index contributed by atoms with van der Waals surface area (Å²) in [5.41, 5.74) is 2.69. The summed E-state index contributed by atoms with van der Waals surface area (Å²) in [6, 6.07) is 15.0. The van der Waals surface area contributed by atoms with Crippen LogP contribution in [-0.2, 0) is 4.79 Å². The van der Waals surface area contributed by atoms with Crippen molar-refractivity contribution in [3.8, 4) is 5.75 Å². The van der Waals surface area contributed by atoms with E-state index in [4.69, 9.17) is 9.84 Å². The number of amides is 2. The first kappa shape index (κ1) is 22.1. The molecule has 2 aromatic rings. The van der Waals surface area contributed by atoms with E-state index in [0.29, 0.717) is 18.1 Å². The lowest BCUT2D eigenvalue weighted by Gasteiger charge is -2.11. The van der Waals surface area contributed by atoms with E-state index in [1.165, 1.54) is 31.2 Å².